The molecule has 0 saturated carbocycles. The summed E-state index contributed by atoms with van der Waals surface area (Å²) in [6.07, 6.45) is 8.97. The fourth-order valence-corrected chi connectivity index (χ4v) is 3.51. The van der Waals surface area contributed by atoms with Crippen molar-refractivity contribution in [3.05, 3.63) is 80.5 Å². The zero-order valence-electron chi connectivity index (χ0n) is 19.3. The molecule has 0 aliphatic carbocycles. The summed E-state index contributed by atoms with van der Waals surface area (Å²) in [4.78, 5) is 4.85. The number of rotatable bonds is 7. The highest BCUT2D eigenvalue weighted by molar-refractivity contribution is 9.10. The minimum atomic E-state index is 0.149. The van der Waals surface area contributed by atoms with Gasteiger partial charge in [-0.25, -0.2) is 0 Å². The highest BCUT2D eigenvalue weighted by Gasteiger charge is 2.23. The Morgan fingerprint density at radius 1 is 0.897 bits per heavy atom. The maximum absolute atomic E-state index is 4.85. The maximum Gasteiger partial charge on any atom is 0.0515 e. The van der Waals surface area contributed by atoms with E-state index < -0.39 is 0 Å². The average molecular weight is 457 g/mol. The van der Waals surface area contributed by atoms with Gasteiger partial charge in [0.1, 0.15) is 0 Å². The highest BCUT2D eigenvalue weighted by Crippen LogP contribution is 2.38. The van der Waals surface area contributed by atoms with Crippen LogP contribution in [-0.4, -0.2) is 6.21 Å². The van der Waals surface area contributed by atoms with E-state index >= 15 is 0 Å². The summed E-state index contributed by atoms with van der Waals surface area (Å²) < 4.78 is 1.15. The molecule has 0 bridgehead atoms. The molecule has 0 aliphatic rings. The van der Waals surface area contributed by atoms with E-state index in [1.807, 2.05) is 0 Å². The number of hydrogen-bond donors (Lipinski definition) is 0. The van der Waals surface area contributed by atoms with Gasteiger partial charge in [-0.3, -0.25) is 4.99 Å². The molecule has 1 atom stereocenters. The van der Waals surface area contributed by atoms with E-state index in [0.717, 1.165) is 23.0 Å². The lowest BCUT2D eigenvalue weighted by molar-refractivity contribution is 0.886. The lowest BCUT2D eigenvalue weighted by Crippen LogP contribution is -2.09. The van der Waals surface area contributed by atoms with E-state index in [1.54, 1.807) is 0 Å². The Labute approximate surface area is 187 Å². The molecule has 0 saturated heterocycles. The Morgan fingerprint density at radius 2 is 1.48 bits per heavy atom. The fourth-order valence-electron chi connectivity index (χ4n) is 3.12. The zero-order valence-corrected chi connectivity index (χ0v) is 20.9. The van der Waals surface area contributed by atoms with Crippen LogP contribution in [0.25, 0.3) is 0 Å². The number of aliphatic imine (C=N–C) groups is 1. The van der Waals surface area contributed by atoms with Gasteiger partial charge >= 0.3 is 0 Å². The first-order valence-electron chi connectivity index (χ1n) is 10.9. The normalized spacial score (nSPS) is 12.6. The third-order valence-electron chi connectivity index (χ3n) is 5.33. The van der Waals surface area contributed by atoms with E-state index in [9.17, 15) is 0 Å². The molecule has 158 valence electrons. The van der Waals surface area contributed by atoms with Gasteiger partial charge in [0.15, 0.2) is 0 Å². The summed E-state index contributed by atoms with van der Waals surface area (Å²) in [5.41, 5.74) is 7.70. The molecule has 0 aliphatic heterocycles. The number of nitrogens with zero attached hydrogens (tertiary/aromatic N) is 1. The average Bonchev–Trinajstić information content (AvgIpc) is 2.73. The summed E-state index contributed by atoms with van der Waals surface area (Å²) in [7, 11) is 0. The number of unbranched alkanes of at least 4 members (excludes halogenated alkanes) is 2. The van der Waals surface area contributed by atoms with Crippen LogP contribution in [-0.2, 0) is 0 Å². The molecule has 0 fully saturated rings. The molecule has 2 aromatic rings. The summed E-state index contributed by atoms with van der Waals surface area (Å²) in [5.74, 6) is 0.149. The van der Waals surface area contributed by atoms with E-state index in [-0.39, 0.29) is 5.92 Å². The van der Waals surface area contributed by atoms with E-state index in [1.165, 1.54) is 40.7 Å². The topological polar surface area (TPSA) is 12.4 Å². The molecule has 29 heavy (non-hydrogen) atoms. The van der Waals surface area contributed by atoms with Crippen LogP contribution in [0.4, 0.5) is 0 Å². The predicted molar refractivity (Wildman–Crippen MR) is 134 cm³/mol. The van der Waals surface area contributed by atoms with Crippen LogP contribution in [0.15, 0.2) is 57.6 Å². The second-order valence-corrected chi connectivity index (χ2v) is 8.34. The largest absolute Gasteiger partial charge is 0.265 e. The molecular formula is C27H38BrN. The minimum Gasteiger partial charge on any atom is -0.265 e. The van der Waals surface area contributed by atoms with Crippen molar-refractivity contribution >= 4 is 22.1 Å². The zero-order chi connectivity index (χ0) is 21.8. The Kier molecular flexibility index (Phi) is 11.8. The summed E-state index contributed by atoms with van der Waals surface area (Å²) >= 11 is 3.70. The maximum atomic E-state index is 4.85. The monoisotopic (exact) mass is 455 g/mol. The van der Waals surface area contributed by atoms with Gasteiger partial charge in [0.05, 0.1) is 5.92 Å². The van der Waals surface area contributed by atoms with Gasteiger partial charge in [-0.1, -0.05) is 92.4 Å². The van der Waals surface area contributed by atoms with Gasteiger partial charge in [-0.2, -0.15) is 0 Å². The summed E-state index contributed by atoms with van der Waals surface area (Å²) in [6, 6.07) is 13.0. The molecule has 2 aromatic carbocycles. The van der Waals surface area contributed by atoms with Crippen molar-refractivity contribution in [2.75, 3.05) is 0 Å². The van der Waals surface area contributed by atoms with Gasteiger partial charge < -0.3 is 0 Å². The molecule has 0 amide bonds. The fraction of sp³-hybridized carbons (Fsp3) is 0.444. The highest BCUT2D eigenvalue weighted by atomic mass is 79.9. The van der Waals surface area contributed by atoms with Crippen LogP contribution in [0.5, 0.6) is 0 Å². The van der Waals surface area contributed by atoms with Crippen LogP contribution in [0.1, 0.15) is 87.1 Å². The first-order valence-corrected chi connectivity index (χ1v) is 11.7. The molecule has 2 rings (SSSR count). The van der Waals surface area contributed by atoms with Gasteiger partial charge in [0, 0.05) is 16.4 Å². The van der Waals surface area contributed by atoms with E-state index in [4.69, 9.17) is 4.99 Å². The molecule has 1 nitrogen and oxygen atoms in total. The second kappa shape index (κ2) is 13.5. The van der Waals surface area contributed by atoms with Crippen LogP contribution in [0, 0.1) is 20.8 Å². The third-order valence-corrected chi connectivity index (χ3v) is 6.19. The smallest absolute Gasteiger partial charge is 0.0515 e. The number of allylic oxidation sites excluding steroid dienone is 2. The summed E-state index contributed by atoms with van der Waals surface area (Å²) in [5, 5.41) is 0. The van der Waals surface area contributed by atoms with Crippen LogP contribution < -0.4 is 0 Å². The Morgan fingerprint density at radius 3 is 2.03 bits per heavy atom. The first kappa shape index (κ1) is 25.4. The predicted octanol–water partition coefficient (Wildman–Crippen LogP) is 9.09. The number of aryl methyl sites for hydroxylation is 1. The third kappa shape index (κ3) is 7.26. The van der Waals surface area contributed by atoms with Crippen molar-refractivity contribution < 1.29 is 0 Å². The molecule has 0 heterocycles. The van der Waals surface area contributed by atoms with Crippen LogP contribution in [0.3, 0.4) is 0 Å². The van der Waals surface area contributed by atoms with E-state index in [0.29, 0.717) is 0 Å². The van der Waals surface area contributed by atoms with Crippen molar-refractivity contribution in [2.45, 2.75) is 80.1 Å². The van der Waals surface area contributed by atoms with E-state index in [2.05, 4.69) is 113 Å². The molecular weight excluding hydrogens is 418 g/mol. The molecule has 0 radical (unpaired) electrons. The first-order chi connectivity index (χ1) is 13.9. The molecule has 2 heteroatoms. The quantitative estimate of drug-likeness (QED) is 0.369. The van der Waals surface area contributed by atoms with Crippen molar-refractivity contribution in [1.82, 2.24) is 0 Å². The Bertz CT molecular complexity index is 764. The van der Waals surface area contributed by atoms with Gasteiger partial charge in [0.2, 0.25) is 0 Å². The minimum absolute atomic E-state index is 0.149. The van der Waals surface area contributed by atoms with Gasteiger partial charge in [0.25, 0.3) is 0 Å². The van der Waals surface area contributed by atoms with Crippen molar-refractivity contribution in [2.24, 2.45) is 4.99 Å². The van der Waals surface area contributed by atoms with Gasteiger partial charge in [-0.05, 0) is 68.0 Å². The lowest BCUT2D eigenvalue weighted by atomic mass is 9.83. The van der Waals surface area contributed by atoms with Crippen molar-refractivity contribution in [3.8, 4) is 0 Å². The molecule has 1 unspecified atom stereocenters. The number of benzene rings is 2. The van der Waals surface area contributed by atoms with Crippen molar-refractivity contribution in [3.63, 3.8) is 0 Å². The van der Waals surface area contributed by atoms with Crippen molar-refractivity contribution in [1.29, 1.82) is 0 Å². The van der Waals surface area contributed by atoms with Crippen LogP contribution >= 0.6 is 15.9 Å². The molecule has 0 N–H and O–H groups in total. The summed E-state index contributed by atoms with van der Waals surface area (Å²) in [6.45, 7) is 15.2. The van der Waals surface area contributed by atoms with Crippen LogP contribution in [0.2, 0.25) is 0 Å². The Balaban J connectivity index is 0.000000960. The molecule has 0 aromatic heterocycles. The number of halogens is 1. The second-order valence-electron chi connectivity index (χ2n) is 7.49. The standard InChI is InChI=1S/C23H28BrN.C4H10/c1-6-8-15-25-22(7-2)23(19-12-9-11-16(3)17(19)4)20-13-10-14-21(24)18(20)5;1-3-4-2/h7,9-15,23H,6,8H2,1-5H3;3-4H2,1-2H3/b22-7-,25-15?;. The SMILES string of the molecule is C/C=C(\N=CCCC)C(c1cccc(C)c1C)c1cccc(Br)c1C.CCCC. The number of hydrogen-bond acceptors (Lipinski definition) is 1. The Hall–Kier alpha value is -1.67. The van der Waals surface area contributed by atoms with Gasteiger partial charge in [-0.15, -0.1) is 0 Å². The molecule has 0 spiro atoms. The lowest BCUT2D eigenvalue weighted by Gasteiger charge is -2.24.